The smallest absolute Gasteiger partial charge is 0.336 e. The van der Waals surface area contributed by atoms with Gasteiger partial charge in [0, 0.05) is 23.1 Å². The van der Waals surface area contributed by atoms with Crippen molar-refractivity contribution >= 4 is 11.7 Å². The lowest BCUT2D eigenvalue weighted by Gasteiger charge is -2.29. The van der Waals surface area contributed by atoms with Gasteiger partial charge in [0.2, 0.25) is 0 Å². The number of benzene rings is 1. The van der Waals surface area contributed by atoms with Crippen LogP contribution in [0, 0.1) is 0 Å². The third-order valence-corrected chi connectivity index (χ3v) is 4.16. The van der Waals surface area contributed by atoms with Crippen molar-refractivity contribution in [3.8, 4) is 5.75 Å². The van der Waals surface area contributed by atoms with E-state index in [2.05, 4.69) is 10.3 Å². The number of nitrogens with one attached hydrogen (secondary N) is 2. The van der Waals surface area contributed by atoms with E-state index in [1.807, 2.05) is 18.2 Å². The Balaban J connectivity index is 2.33. The van der Waals surface area contributed by atoms with Gasteiger partial charge in [0.15, 0.2) is 0 Å². The normalized spacial score (nSPS) is 16.2. The van der Waals surface area contributed by atoms with Crippen LogP contribution in [0.1, 0.15) is 24.0 Å². The summed E-state index contributed by atoms with van der Waals surface area (Å²) in [4.78, 5) is 27.6. The zero-order valence-electron chi connectivity index (χ0n) is 13.7. The van der Waals surface area contributed by atoms with Crippen molar-refractivity contribution in [1.29, 1.82) is 0 Å². The summed E-state index contributed by atoms with van der Waals surface area (Å²) in [6.07, 6.45) is 1.57. The van der Waals surface area contributed by atoms with Crippen LogP contribution in [0.2, 0.25) is 0 Å². The molecule has 6 nitrogen and oxygen atoms in total. The highest BCUT2D eigenvalue weighted by atomic mass is 16.5. The van der Waals surface area contributed by atoms with Crippen LogP contribution in [0.15, 0.2) is 52.6 Å². The third kappa shape index (κ3) is 2.46. The molecule has 124 valence electrons. The number of methoxy groups -OCH3 is 2. The van der Waals surface area contributed by atoms with Gasteiger partial charge < -0.3 is 19.8 Å². The number of allylic oxidation sites excluding steroid dienone is 1. The van der Waals surface area contributed by atoms with Gasteiger partial charge in [-0.2, -0.15) is 0 Å². The van der Waals surface area contributed by atoms with E-state index in [-0.39, 0.29) is 5.56 Å². The Bertz CT molecular complexity index is 883. The van der Waals surface area contributed by atoms with Crippen LogP contribution in [0.4, 0.5) is 5.69 Å². The molecule has 2 heterocycles. The predicted molar refractivity (Wildman–Crippen MR) is 90.2 cm³/mol. The summed E-state index contributed by atoms with van der Waals surface area (Å²) in [5, 5.41) is 3.12. The van der Waals surface area contributed by atoms with E-state index in [4.69, 9.17) is 9.47 Å². The highest BCUT2D eigenvalue weighted by molar-refractivity contribution is 5.94. The van der Waals surface area contributed by atoms with E-state index in [1.54, 1.807) is 32.4 Å². The molecule has 1 aromatic heterocycles. The number of rotatable bonds is 3. The van der Waals surface area contributed by atoms with Crippen molar-refractivity contribution in [2.75, 3.05) is 19.5 Å². The maximum Gasteiger partial charge on any atom is 0.336 e. The van der Waals surface area contributed by atoms with Crippen LogP contribution in [0.25, 0.3) is 0 Å². The van der Waals surface area contributed by atoms with Gasteiger partial charge in [0.05, 0.1) is 31.3 Å². The fraction of sp³-hybridized carbons (Fsp3) is 0.222. The summed E-state index contributed by atoms with van der Waals surface area (Å²) in [7, 11) is 2.89. The fourth-order valence-corrected chi connectivity index (χ4v) is 3.11. The number of carbonyl (C=O) groups is 1. The molecule has 0 spiro atoms. The second-order valence-electron chi connectivity index (χ2n) is 5.46. The number of aromatic amines is 1. The van der Waals surface area contributed by atoms with Gasteiger partial charge in [0.1, 0.15) is 5.75 Å². The number of hydrogen-bond acceptors (Lipinski definition) is 5. The van der Waals surface area contributed by atoms with E-state index in [1.165, 1.54) is 7.11 Å². The Kier molecular flexibility index (Phi) is 4.12. The highest BCUT2D eigenvalue weighted by Crippen LogP contribution is 2.43. The molecule has 0 aliphatic carbocycles. The largest absolute Gasteiger partial charge is 0.496 e. The summed E-state index contributed by atoms with van der Waals surface area (Å²) in [6.45, 7) is 1.79. The molecule has 0 amide bonds. The SMILES string of the molecule is COC(=O)C1=C(C)Nc2cc[nH]c(=O)c2C1c1ccccc1OC. The fourth-order valence-electron chi connectivity index (χ4n) is 3.11. The average Bonchev–Trinajstić information content (AvgIpc) is 2.60. The zero-order valence-corrected chi connectivity index (χ0v) is 13.7. The predicted octanol–water partition coefficient (Wildman–Crippen LogP) is 2.39. The lowest BCUT2D eigenvalue weighted by molar-refractivity contribution is -0.136. The summed E-state index contributed by atoms with van der Waals surface area (Å²) >= 11 is 0. The van der Waals surface area contributed by atoms with Crippen molar-refractivity contribution < 1.29 is 14.3 Å². The van der Waals surface area contributed by atoms with Crippen LogP contribution in [-0.2, 0) is 9.53 Å². The third-order valence-electron chi connectivity index (χ3n) is 4.16. The summed E-state index contributed by atoms with van der Waals surface area (Å²) in [6, 6.07) is 9.12. The number of aromatic nitrogens is 1. The van der Waals surface area contributed by atoms with Gasteiger partial charge in [-0.15, -0.1) is 0 Å². The molecular weight excluding hydrogens is 308 g/mol. The Morgan fingerprint density at radius 3 is 2.62 bits per heavy atom. The van der Waals surface area contributed by atoms with Gasteiger partial charge >= 0.3 is 5.97 Å². The highest BCUT2D eigenvalue weighted by Gasteiger charge is 2.36. The van der Waals surface area contributed by atoms with Crippen LogP contribution in [0.5, 0.6) is 5.75 Å². The summed E-state index contributed by atoms with van der Waals surface area (Å²) < 4.78 is 10.4. The first-order valence-electron chi connectivity index (χ1n) is 7.49. The van der Waals surface area contributed by atoms with Gasteiger partial charge in [-0.1, -0.05) is 18.2 Å². The number of anilines is 1. The van der Waals surface area contributed by atoms with E-state index in [0.29, 0.717) is 28.3 Å². The van der Waals surface area contributed by atoms with E-state index < -0.39 is 11.9 Å². The Morgan fingerprint density at radius 1 is 1.17 bits per heavy atom. The van der Waals surface area contributed by atoms with Crippen LogP contribution >= 0.6 is 0 Å². The maximum absolute atomic E-state index is 12.5. The average molecular weight is 326 g/mol. The first-order valence-corrected chi connectivity index (χ1v) is 7.49. The minimum Gasteiger partial charge on any atom is -0.496 e. The lowest BCUT2D eigenvalue weighted by Crippen LogP contribution is -2.29. The maximum atomic E-state index is 12.5. The van der Waals surface area contributed by atoms with E-state index >= 15 is 0 Å². The summed E-state index contributed by atoms with van der Waals surface area (Å²) in [5.74, 6) is -0.451. The number of para-hydroxylation sites is 1. The molecule has 24 heavy (non-hydrogen) atoms. The standard InChI is InChI=1S/C18H18N2O4/c1-10-14(18(22)24-3)15(11-6-4-5-7-13(11)23-2)16-12(20-10)8-9-19-17(16)21/h4-9,15,20H,1-3H3,(H,19,21). The Hall–Kier alpha value is -3.02. The first-order chi connectivity index (χ1) is 11.6. The van der Waals surface area contributed by atoms with E-state index in [9.17, 15) is 9.59 Å². The molecular formula is C18H18N2O4. The van der Waals surface area contributed by atoms with Crippen molar-refractivity contribution in [2.45, 2.75) is 12.8 Å². The zero-order chi connectivity index (χ0) is 17.3. The second kappa shape index (κ2) is 6.23. The molecule has 0 saturated heterocycles. The van der Waals surface area contributed by atoms with Crippen LogP contribution in [0.3, 0.4) is 0 Å². The van der Waals surface area contributed by atoms with E-state index in [0.717, 1.165) is 5.56 Å². The summed E-state index contributed by atoms with van der Waals surface area (Å²) in [5.41, 5.74) is 2.65. The quantitative estimate of drug-likeness (QED) is 0.847. The Morgan fingerprint density at radius 2 is 1.92 bits per heavy atom. The van der Waals surface area contributed by atoms with Crippen molar-refractivity contribution in [3.63, 3.8) is 0 Å². The topological polar surface area (TPSA) is 80.4 Å². The lowest BCUT2D eigenvalue weighted by atomic mass is 9.81. The first kappa shape index (κ1) is 15.9. The number of H-pyrrole nitrogens is 1. The molecule has 0 fully saturated rings. The van der Waals surface area contributed by atoms with Gasteiger partial charge in [-0.3, -0.25) is 4.79 Å². The molecule has 1 aliphatic rings. The molecule has 0 saturated carbocycles. The Labute approximate surface area is 139 Å². The van der Waals surface area contributed by atoms with Crippen LogP contribution < -0.4 is 15.6 Å². The number of carbonyl (C=O) groups excluding carboxylic acids is 1. The number of esters is 1. The molecule has 1 aromatic carbocycles. The van der Waals surface area contributed by atoms with Crippen molar-refractivity contribution in [2.24, 2.45) is 0 Å². The molecule has 2 N–H and O–H groups in total. The molecule has 6 heteroatoms. The molecule has 0 bridgehead atoms. The molecule has 1 unspecified atom stereocenters. The van der Waals surface area contributed by atoms with Gasteiger partial charge in [-0.25, -0.2) is 4.79 Å². The number of hydrogen-bond donors (Lipinski definition) is 2. The number of pyridine rings is 1. The van der Waals surface area contributed by atoms with Crippen LogP contribution in [-0.4, -0.2) is 25.2 Å². The number of ether oxygens (including phenoxy) is 2. The molecule has 3 rings (SSSR count). The number of fused-ring (bicyclic) bond motifs is 1. The molecule has 2 aromatic rings. The minimum atomic E-state index is -0.574. The minimum absolute atomic E-state index is 0.259. The molecule has 1 atom stereocenters. The molecule has 0 radical (unpaired) electrons. The van der Waals surface area contributed by atoms with Gasteiger partial charge in [-0.05, 0) is 19.1 Å². The van der Waals surface area contributed by atoms with Gasteiger partial charge in [0.25, 0.3) is 5.56 Å². The van der Waals surface area contributed by atoms with Crippen molar-refractivity contribution in [1.82, 2.24) is 4.98 Å². The monoisotopic (exact) mass is 326 g/mol. The van der Waals surface area contributed by atoms with Crippen molar-refractivity contribution in [3.05, 3.63) is 69.3 Å². The second-order valence-corrected chi connectivity index (χ2v) is 5.46. The molecule has 1 aliphatic heterocycles.